The number of amides is 2. The predicted molar refractivity (Wildman–Crippen MR) is 114 cm³/mol. The van der Waals surface area contributed by atoms with Crippen LogP contribution in [-0.4, -0.2) is 24.1 Å². The first-order valence-corrected chi connectivity index (χ1v) is 10.3. The topological polar surface area (TPSA) is 75.3 Å². The van der Waals surface area contributed by atoms with Gasteiger partial charge < -0.3 is 10.6 Å². The number of rotatable bonds is 7. The van der Waals surface area contributed by atoms with Crippen molar-refractivity contribution in [2.75, 3.05) is 11.9 Å². The fraction of sp³-hybridized carbons (Fsp3) is 0.375. The molecule has 0 spiro atoms. The van der Waals surface area contributed by atoms with Crippen LogP contribution >= 0.6 is 0 Å². The molecular formula is C24H28N2O3. The summed E-state index contributed by atoms with van der Waals surface area (Å²) in [5.74, 6) is -0.0808. The van der Waals surface area contributed by atoms with Gasteiger partial charge in [0, 0.05) is 29.6 Å². The van der Waals surface area contributed by atoms with Crippen molar-refractivity contribution in [3.8, 4) is 0 Å². The molecule has 152 valence electrons. The van der Waals surface area contributed by atoms with Gasteiger partial charge in [0.25, 0.3) is 0 Å². The molecule has 0 radical (unpaired) electrons. The first-order chi connectivity index (χ1) is 14.0. The van der Waals surface area contributed by atoms with Gasteiger partial charge in [-0.05, 0) is 56.7 Å². The monoisotopic (exact) mass is 392 g/mol. The summed E-state index contributed by atoms with van der Waals surface area (Å²) >= 11 is 0. The van der Waals surface area contributed by atoms with Crippen molar-refractivity contribution in [1.29, 1.82) is 0 Å². The molecule has 1 fully saturated rings. The largest absolute Gasteiger partial charge is 0.356 e. The third-order valence-corrected chi connectivity index (χ3v) is 5.56. The van der Waals surface area contributed by atoms with E-state index < -0.39 is 0 Å². The molecule has 2 aromatic rings. The number of carbonyl (C=O) groups is 3. The van der Waals surface area contributed by atoms with Crippen LogP contribution in [0.15, 0.2) is 54.6 Å². The minimum Gasteiger partial charge on any atom is -0.356 e. The first-order valence-electron chi connectivity index (χ1n) is 10.3. The Bertz CT molecular complexity index is 855. The molecule has 3 rings (SSSR count). The molecule has 0 atom stereocenters. The summed E-state index contributed by atoms with van der Waals surface area (Å²) in [5.41, 5.74) is 2.43. The zero-order chi connectivity index (χ0) is 20.6. The van der Waals surface area contributed by atoms with E-state index in [2.05, 4.69) is 22.8 Å². The first kappa shape index (κ1) is 20.8. The van der Waals surface area contributed by atoms with E-state index in [9.17, 15) is 14.4 Å². The van der Waals surface area contributed by atoms with Crippen LogP contribution < -0.4 is 10.6 Å². The van der Waals surface area contributed by atoms with Gasteiger partial charge in [0.1, 0.15) is 0 Å². The van der Waals surface area contributed by atoms with Crippen molar-refractivity contribution in [1.82, 2.24) is 5.32 Å². The van der Waals surface area contributed by atoms with Crippen molar-refractivity contribution in [2.24, 2.45) is 11.8 Å². The van der Waals surface area contributed by atoms with E-state index in [1.54, 1.807) is 24.3 Å². The Morgan fingerprint density at radius 1 is 0.862 bits per heavy atom. The Morgan fingerprint density at radius 2 is 1.52 bits per heavy atom. The molecule has 0 saturated heterocycles. The van der Waals surface area contributed by atoms with Gasteiger partial charge in [0.2, 0.25) is 11.8 Å². The van der Waals surface area contributed by atoms with Crippen molar-refractivity contribution in [3.63, 3.8) is 0 Å². The van der Waals surface area contributed by atoms with Gasteiger partial charge in [-0.25, -0.2) is 0 Å². The summed E-state index contributed by atoms with van der Waals surface area (Å²) in [6.45, 7) is 2.14. The number of carbonyl (C=O) groups excluding carboxylic acids is 3. The Balaban J connectivity index is 1.42. The molecule has 1 saturated carbocycles. The number of hydrogen-bond donors (Lipinski definition) is 2. The number of hydrogen-bond acceptors (Lipinski definition) is 3. The molecule has 1 aliphatic rings. The zero-order valence-corrected chi connectivity index (χ0v) is 16.8. The summed E-state index contributed by atoms with van der Waals surface area (Å²) in [5, 5.41) is 5.94. The van der Waals surface area contributed by atoms with Gasteiger partial charge in [-0.1, -0.05) is 42.5 Å². The molecule has 0 aliphatic heterocycles. The number of anilines is 1. The van der Waals surface area contributed by atoms with Crippen molar-refractivity contribution < 1.29 is 14.4 Å². The Morgan fingerprint density at radius 3 is 2.17 bits per heavy atom. The fourth-order valence-corrected chi connectivity index (χ4v) is 3.80. The fourth-order valence-electron chi connectivity index (χ4n) is 3.80. The van der Waals surface area contributed by atoms with E-state index in [0.717, 1.165) is 19.3 Å². The lowest BCUT2D eigenvalue weighted by molar-refractivity contribution is -0.128. The Hall–Kier alpha value is -2.95. The lowest BCUT2D eigenvalue weighted by atomic mass is 9.81. The van der Waals surface area contributed by atoms with Gasteiger partial charge in [0.05, 0.1) is 0 Å². The maximum absolute atomic E-state index is 12.6. The molecule has 0 unspecified atom stereocenters. The Kier molecular flexibility index (Phi) is 7.17. The van der Waals surface area contributed by atoms with E-state index in [1.165, 1.54) is 12.5 Å². The quantitative estimate of drug-likeness (QED) is 0.700. The van der Waals surface area contributed by atoms with Gasteiger partial charge in [0.15, 0.2) is 5.78 Å². The third-order valence-electron chi connectivity index (χ3n) is 5.56. The third kappa shape index (κ3) is 6.01. The normalized spacial score (nSPS) is 18.7. The molecule has 29 heavy (non-hydrogen) atoms. The second-order valence-corrected chi connectivity index (χ2v) is 7.70. The highest BCUT2D eigenvalue weighted by atomic mass is 16.2. The van der Waals surface area contributed by atoms with Crippen LogP contribution in [0.5, 0.6) is 0 Å². The molecule has 0 heterocycles. The predicted octanol–water partition coefficient (Wildman–Crippen LogP) is 3.99. The highest BCUT2D eigenvalue weighted by Crippen LogP contribution is 2.30. The van der Waals surface area contributed by atoms with Crippen LogP contribution in [-0.2, 0) is 16.0 Å². The summed E-state index contributed by atoms with van der Waals surface area (Å²) in [6, 6.07) is 17.1. The lowest BCUT2D eigenvalue weighted by Gasteiger charge is -2.27. The van der Waals surface area contributed by atoms with E-state index >= 15 is 0 Å². The van der Waals surface area contributed by atoms with Gasteiger partial charge in [-0.3, -0.25) is 14.4 Å². The van der Waals surface area contributed by atoms with Crippen LogP contribution in [0.2, 0.25) is 0 Å². The average molecular weight is 392 g/mol. The molecule has 2 amide bonds. The second kappa shape index (κ2) is 10.0. The number of Topliss-reactive ketones (excluding diaryl/α,β-unsaturated/α-hetero) is 1. The van der Waals surface area contributed by atoms with E-state index in [-0.39, 0.29) is 29.4 Å². The highest BCUT2D eigenvalue weighted by Gasteiger charge is 2.29. The van der Waals surface area contributed by atoms with E-state index in [1.807, 2.05) is 18.2 Å². The maximum atomic E-state index is 12.6. The van der Waals surface area contributed by atoms with Crippen LogP contribution in [0.4, 0.5) is 5.69 Å². The highest BCUT2D eigenvalue weighted by molar-refractivity contribution is 5.97. The second-order valence-electron chi connectivity index (χ2n) is 7.70. The molecular weight excluding hydrogens is 364 g/mol. The van der Waals surface area contributed by atoms with E-state index in [4.69, 9.17) is 0 Å². The summed E-state index contributed by atoms with van der Waals surface area (Å²) in [6.07, 6.45) is 3.68. The molecule has 2 aromatic carbocycles. The zero-order valence-electron chi connectivity index (χ0n) is 16.8. The SMILES string of the molecule is CC(=O)c1cccc(NC(=O)C2CCC(C(=O)NCCc3ccccc3)CC2)c1. The maximum Gasteiger partial charge on any atom is 0.227 e. The smallest absolute Gasteiger partial charge is 0.227 e. The van der Waals surface area contributed by atoms with Crippen molar-refractivity contribution in [2.45, 2.75) is 39.0 Å². The summed E-state index contributed by atoms with van der Waals surface area (Å²) < 4.78 is 0. The van der Waals surface area contributed by atoms with Gasteiger partial charge in [-0.2, -0.15) is 0 Å². The summed E-state index contributed by atoms with van der Waals surface area (Å²) in [7, 11) is 0. The number of benzene rings is 2. The lowest BCUT2D eigenvalue weighted by Crippen LogP contribution is -2.36. The molecule has 0 aromatic heterocycles. The molecule has 2 N–H and O–H groups in total. The molecule has 1 aliphatic carbocycles. The van der Waals surface area contributed by atoms with Crippen molar-refractivity contribution >= 4 is 23.3 Å². The Labute approximate surface area is 171 Å². The van der Waals surface area contributed by atoms with Crippen LogP contribution in [0, 0.1) is 11.8 Å². The van der Waals surface area contributed by atoms with Gasteiger partial charge in [-0.15, -0.1) is 0 Å². The van der Waals surface area contributed by atoms with Crippen LogP contribution in [0.1, 0.15) is 48.5 Å². The average Bonchev–Trinajstić information content (AvgIpc) is 2.74. The summed E-state index contributed by atoms with van der Waals surface area (Å²) in [4.78, 5) is 36.5. The standard InChI is InChI=1S/C24H28N2O3/c1-17(27)21-8-5-9-22(16-21)26-24(29)20-12-10-19(11-13-20)23(28)25-15-14-18-6-3-2-4-7-18/h2-9,16,19-20H,10-15H2,1H3,(H,25,28)(H,26,29). The number of ketones is 1. The van der Waals surface area contributed by atoms with Crippen LogP contribution in [0.3, 0.4) is 0 Å². The minimum absolute atomic E-state index is 0.0177. The van der Waals surface area contributed by atoms with Gasteiger partial charge >= 0.3 is 0 Å². The molecule has 0 bridgehead atoms. The number of nitrogens with one attached hydrogen (secondary N) is 2. The molecule has 5 heteroatoms. The van der Waals surface area contributed by atoms with Crippen molar-refractivity contribution in [3.05, 3.63) is 65.7 Å². The van der Waals surface area contributed by atoms with E-state index in [0.29, 0.717) is 30.6 Å². The van der Waals surface area contributed by atoms with Crippen LogP contribution in [0.25, 0.3) is 0 Å². The minimum atomic E-state index is -0.0932. The molecule has 5 nitrogen and oxygen atoms in total.